The van der Waals surface area contributed by atoms with E-state index in [-0.39, 0.29) is 5.60 Å². The molecule has 1 saturated carbocycles. The molecule has 0 bridgehead atoms. The van der Waals surface area contributed by atoms with Crippen LogP contribution in [0.2, 0.25) is 0 Å². The van der Waals surface area contributed by atoms with Crippen molar-refractivity contribution in [3.63, 3.8) is 0 Å². The number of hydrogen-bond acceptors (Lipinski definition) is 5. The molecule has 0 aromatic carbocycles. The molecular formula is C14H24N2O2S. The predicted octanol–water partition coefficient (Wildman–Crippen LogP) is 2.81. The van der Waals surface area contributed by atoms with Gasteiger partial charge in [-0.3, -0.25) is 0 Å². The van der Waals surface area contributed by atoms with E-state index in [2.05, 4.69) is 19.2 Å². The van der Waals surface area contributed by atoms with Crippen LogP contribution in [-0.2, 0) is 28.2 Å². The van der Waals surface area contributed by atoms with Crippen molar-refractivity contribution in [2.45, 2.75) is 58.4 Å². The molecule has 19 heavy (non-hydrogen) atoms. The molecule has 0 unspecified atom stereocenters. The maximum absolute atomic E-state index is 5.79. The van der Waals surface area contributed by atoms with Crippen molar-refractivity contribution in [1.82, 2.24) is 10.3 Å². The lowest BCUT2D eigenvalue weighted by Gasteiger charge is -2.21. The Bertz CT molecular complexity index is 414. The molecule has 5 heteroatoms. The maximum atomic E-state index is 5.79. The third-order valence-corrected chi connectivity index (χ3v) is 4.61. The number of thiazole rings is 1. The first-order valence-electron chi connectivity index (χ1n) is 6.92. The zero-order valence-corrected chi connectivity index (χ0v) is 13.1. The average molecular weight is 284 g/mol. The van der Waals surface area contributed by atoms with Gasteiger partial charge in [0, 0.05) is 31.2 Å². The number of nitrogens with zero attached hydrogens (tertiary/aromatic N) is 1. The summed E-state index contributed by atoms with van der Waals surface area (Å²) in [5.41, 5.74) is 0.725. The number of rotatable bonds is 8. The monoisotopic (exact) mass is 284 g/mol. The largest absolute Gasteiger partial charge is 0.378 e. The first kappa shape index (κ1) is 14.9. The van der Waals surface area contributed by atoms with Crippen molar-refractivity contribution >= 4 is 11.3 Å². The van der Waals surface area contributed by atoms with Gasteiger partial charge in [0.05, 0.1) is 12.3 Å². The molecule has 2 rings (SSSR count). The van der Waals surface area contributed by atoms with E-state index < -0.39 is 0 Å². The Hall–Kier alpha value is -0.490. The van der Waals surface area contributed by atoms with Crippen LogP contribution in [0.4, 0.5) is 0 Å². The lowest BCUT2D eigenvalue weighted by molar-refractivity contribution is -0.0143. The lowest BCUT2D eigenvalue weighted by atomic mass is 10.1. The minimum Gasteiger partial charge on any atom is -0.378 e. The van der Waals surface area contributed by atoms with E-state index in [0.29, 0.717) is 19.3 Å². The fraction of sp³-hybridized carbons (Fsp3) is 0.786. The number of methoxy groups -OCH3 is 1. The molecule has 1 heterocycles. The molecule has 4 nitrogen and oxygen atoms in total. The summed E-state index contributed by atoms with van der Waals surface area (Å²) in [6, 6.07) is 0.709. The maximum Gasteiger partial charge on any atom is 0.125 e. The third kappa shape index (κ3) is 3.99. The van der Waals surface area contributed by atoms with E-state index in [1.807, 2.05) is 6.92 Å². The van der Waals surface area contributed by atoms with Crippen LogP contribution in [0.1, 0.15) is 49.2 Å². The fourth-order valence-corrected chi connectivity index (χ4v) is 3.05. The van der Waals surface area contributed by atoms with Gasteiger partial charge in [-0.25, -0.2) is 4.98 Å². The zero-order valence-electron chi connectivity index (χ0n) is 12.3. The van der Waals surface area contributed by atoms with E-state index >= 15 is 0 Å². The third-order valence-electron chi connectivity index (χ3n) is 3.21. The molecule has 0 spiro atoms. The summed E-state index contributed by atoms with van der Waals surface area (Å²) in [7, 11) is 1.71. The molecule has 1 aromatic rings. The minimum atomic E-state index is -0.320. The molecule has 108 valence electrons. The summed E-state index contributed by atoms with van der Waals surface area (Å²) < 4.78 is 11.0. The van der Waals surface area contributed by atoms with Crippen molar-refractivity contribution in [2.24, 2.45) is 0 Å². The minimum absolute atomic E-state index is 0.320. The summed E-state index contributed by atoms with van der Waals surface area (Å²) in [5, 5.41) is 4.58. The van der Waals surface area contributed by atoms with Crippen LogP contribution in [-0.4, -0.2) is 24.7 Å². The van der Waals surface area contributed by atoms with Gasteiger partial charge in [-0.05, 0) is 33.6 Å². The fourth-order valence-electron chi connectivity index (χ4n) is 1.98. The molecule has 1 fully saturated rings. The van der Waals surface area contributed by atoms with Gasteiger partial charge < -0.3 is 14.8 Å². The van der Waals surface area contributed by atoms with Crippen LogP contribution in [0.5, 0.6) is 0 Å². The van der Waals surface area contributed by atoms with Crippen molar-refractivity contribution in [2.75, 3.05) is 13.7 Å². The number of nitrogens with one attached hydrogen (secondary N) is 1. The second-order valence-electron chi connectivity index (χ2n) is 5.42. The normalized spacial score (nSPS) is 16.0. The highest BCUT2D eigenvalue weighted by molar-refractivity contribution is 7.11. The van der Waals surface area contributed by atoms with E-state index in [1.54, 1.807) is 18.4 Å². The van der Waals surface area contributed by atoms with Crippen LogP contribution >= 0.6 is 11.3 Å². The van der Waals surface area contributed by atoms with E-state index in [4.69, 9.17) is 14.5 Å². The zero-order chi connectivity index (χ0) is 13.9. The quantitative estimate of drug-likeness (QED) is 0.797. The second-order valence-corrected chi connectivity index (χ2v) is 6.50. The molecule has 1 aliphatic rings. The van der Waals surface area contributed by atoms with Crippen LogP contribution < -0.4 is 5.32 Å². The van der Waals surface area contributed by atoms with Gasteiger partial charge in [-0.1, -0.05) is 0 Å². The van der Waals surface area contributed by atoms with Crippen molar-refractivity contribution < 1.29 is 9.47 Å². The van der Waals surface area contributed by atoms with Crippen LogP contribution in [0.25, 0.3) is 0 Å². The van der Waals surface area contributed by atoms with Crippen LogP contribution in [0, 0.1) is 0 Å². The molecule has 0 radical (unpaired) electrons. The summed E-state index contributed by atoms with van der Waals surface area (Å²) in [4.78, 5) is 5.99. The highest BCUT2D eigenvalue weighted by Crippen LogP contribution is 2.32. The Balaban J connectivity index is 2.12. The lowest BCUT2D eigenvalue weighted by Crippen LogP contribution is -2.21. The predicted molar refractivity (Wildman–Crippen MR) is 77.3 cm³/mol. The SMILES string of the molecule is CCOC(C)(C)c1nc(COC)c(CNC2CC2)s1. The van der Waals surface area contributed by atoms with Crippen molar-refractivity contribution in [1.29, 1.82) is 0 Å². The van der Waals surface area contributed by atoms with Gasteiger partial charge in [-0.15, -0.1) is 11.3 Å². The number of ether oxygens (including phenoxy) is 2. The van der Waals surface area contributed by atoms with Crippen molar-refractivity contribution in [3.8, 4) is 0 Å². The van der Waals surface area contributed by atoms with Crippen molar-refractivity contribution in [3.05, 3.63) is 15.6 Å². The molecule has 1 N–H and O–H groups in total. The topological polar surface area (TPSA) is 43.4 Å². The molecule has 0 atom stereocenters. The Morgan fingerprint density at radius 1 is 1.42 bits per heavy atom. The number of hydrogen-bond donors (Lipinski definition) is 1. The summed E-state index contributed by atoms with van der Waals surface area (Å²) in [6.07, 6.45) is 2.60. The van der Waals surface area contributed by atoms with E-state index in [1.165, 1.54) is 17.7 Å². The van der Waals surface area contributed by atoms with Gasteiger partial charge in [0.25, 0.3) is 0 Å². The smallest absolute Gasteiger partial charge is 0.125 e. The standard InChI is InChI=1S/C14H24N2O2S/c1-5-18-14(2,3)13-16-11(9-17-4)12(19-13)8-15-10-6-7-10/h10,15H,5-9H2,1-4H3. The van der Waals surface area contributed by atoms with Gasteiger partial charge in [0.2, 0.25) is 0 Å². The first-order valence-corrected chi connectivity index (χ1v) is 7.73. The van der Waals surface area contributed by atoms with E-state index in [9.17, 15) is 0 Å². The summed E-state index contributed by atoms with van der Waals surface area (Å²) in [6.45, 7) is 8.32. The van der Waals surface area contributed by atoms with Crippen LogP contribution in [0.15, 0.2) is 0 Å². The highest BCUT2D eigenvalue weighted by Gasteiger charge is 2.27. The van der Waals surface area contributed by atoms with Gasteiger partial charge in [-0.2, -0.15) is 0 Å². The van der Waals surface area contributed by atoms with E-state index in [0.717, 1.165) is 17.2 Å². The molecule has 1 aromatic heterocycles. The molecule has 0 saturated heterocycles. The Morgan fingerprint density at radius 2 is 2.16 bits per heavy atom. The van der Waals surface area contributed by atoms with Gasteiger partial charge in [0.15, 0.2) is 0 Å². The number of aromatic nitrogens is 1. The summed E-state index contributed by atoms with van der Waals surface area (Å²) in [5.74, 6) is 0. The molecule has 0 aliphatic heterocycles. The molecule has 1 aliphatic carbocycles. The average Bonchev–Trinajstić information content (AvgIpc) is 3.08. The first-order chi connectivity index (χ1) is 9.06. The summed E-state index contributed by atoms with van der Waals surface area (Å²) >= 11 is 1.74. The Labute approximate surface area is 119 Å². The van der Waals surface area contributed by atoms with Gasteiger partial charge >= 0.3 is 0 Å². The van der Waals surface area contributed by atoms with Gasteiger partial charge in [0.1, 0.15) is 10.6 Å². The Kier molecular flexibility index (Phi) is 4.95. The highest BCUT2D eigenvalue weighted by atomic mass is 32.1. The Morgan fingerprint density at radius 3 is 2.74 bits per heavy atom. The molecule has 0 amide bonds. The second kappa shape index (κ2) is 6.31. The van der Waals surface area contributed by atoms with Crippen LogP contribution in [0.3, 0.4) is 0 Å². The molecular weight excluding hydrogens is 260 g/mol.